The standard InChI is InChI=1S/C36H56N4O4.C2H2O4/c1-5-37(27-31-19-11-13-21-33(31)43-3)23-15-7-9-17-25-39-29-36(42)40(30-35(39)41)26-18-10-8-16-24-38(6-2)28-32-20-12-14-22-34(32)44-4;3-1(4)2(5)6/h11-14,19-22H,5-10,15-18,23-30H2,1-4H3;(H,3,4)(H,5,6). The van der Waals surface area contributed by atoms with Crippen LogP contribution in [-0.4, -0.2) is 120 Å². The topological polar surface area (TPSA) is 140 Å². The molecule has 1 aliphatic rings. The van der Waals surface area contributed by atoms with Gasteiger partial charge in [0.2, 0.25) is 11.8 Å². The number of amides is 2. The Bertz CT molecular complexity index is 1220. The number of carboxylic acids is 2. The highest BCUT2D eigenvalue weighted by atomic mass is 16.5. The van der Waals surface area contributed by atoms with Crippen LogP contribution in [0.5, 0.6) is 11.5 Å². The molecule has 12 nitrogen and oxygen atoms in total. The van der Waals surface area contributed by atoms with E-state index >= 15 is 0 Å². The summed E-state index contributed by atoms with van der Waals surface area (Å²) in [5, 5.41) is 14.8. The molecular weight excluding hydrogens is 640 g/mol. The first kappa shape index (κ1) is 42.0. The summed E-state index contributed by atoms with van der Waals surface area (Å²) in [7, 11) is 3.45. The molecule has 0 bridgehead atoms. The number of rotatable bonds is 22. The molecule has 12 heteroatoms. The Kier molecular flexibility index (Phi) is 20.2. The van der Waals surface area contributed by atoms with Gasteiger partial charge in [0.05, 0.1) is 27.3 Å². The predicted molar refractivity (Wildman–Crippen MR) is 193 cm³/mol. The first-order valence-electron chi connectivity index (χ1n) is 17.8. The van der Waals surface area contributed by atoms with Crippen LogP contribution in [0.3, 0.4) is 0 Å². The van der Waals surface area contributed by atoms with E-state index in [9.17, 15) is 9.59 Å². The van der Waals surface area contributed by atoms with E-state index in [1.165, 1.54) is 11.1 Å². The lowest BCUT2D eigenvalue weighted by Gasteiger charge is -2.34. The number of methoxy groups -OCH3 is 2. The van der Waals surface area contributed by atoms with Gasteiger partial charge in [-0.3, -0.25) is 19.4 Å². The van der Waals surface area contributed by atoms with Crippen LogP contribution in [0.4, 0.5) is 0 Å². The molecular formula is C38H58N4O8. The fourth-order valence-electron chi connectivity index (χ4n) is 5.94. The molecule has 0 saturated carbocycles. The van der Waals surface area contributed by atoms with Crippen molar-refractivity contribution in [3.8, 4) is 11.5 Å². The summed E-state index contributed by atoms with van der Waals surface area (Å²) in [6.45, 7) is 12.1. The molecule has 0 aliphatic carbocycles. The molecule has 0 aromatic heterocycles. The summed E-state index contributed by atoms with van der Waals surface area (Å²) in [6.07, 6.45) is 8.54. The van der Waals surface area contributed by atoms with Crippen molar-refractivity contribution in [3.63, 3.8) is 0 Å². The summed E-state index contributed by atoms with van der Waals surface area (Å²) in [5.41, 5.74) is 2.44. The average Bonchev–Trinajstić information content (AvgIpc) is 3.12. The molecule has 2 amide bonds. The van der Waals surface area contributed by atoms with E-state index in [2.05, 4.69) is 47.9 Å². The Morgan fingerprint density at radius 3 is 1.32 bits per heavy atom. The van der Waals surface area contributed by atoms with Gasteiger partial charge in [0.25, 0.3) is 0 Å². The Hall–Kier alpha value is -4.16. The molecule has 0 unspecified atom stereocenters. The van der Waals surface area contributed by atoms with Gasteiger partial charge >= 0.3 is 11.9 Å². The van der Waals surface area contributed by atoms with Gasteiger partial charge in [-0.25, -0.2) is 9.59 Å². The number of ether oxygens (including phenoxy) is 2. The molecule has 0 atom stereocenters. The highest BCUT2D eigenvalue weighted by molar-refractivity contribution is 6.27. The van der Waals surface area contributed by atoms with Gasteiger partial charge in [-0.15, -0.1) is 0 Å². The zero-order chi connectivity index (χ0) is 36.7. The van der Waals surface area contributed by atoms with Gasteiger partial charge in [-0.2, -0.15) is 0 Å². The van der Waals surface area contributed by atoms with Gasteiger partial charge in [-0.05, 0) is 64.0 Å². The quantitative estimate of drug-likeness (QED) is 0.128. The maximum Gasteiger partial charge on any atom is 0.414 e. The van der Waals surface area contributed by atoms with Gasteiger partial charge in [0.15, 0.2) is 0 Å². The minimum absolute atomic E-state index is 0.0912. The highest BCUT2D eigenvalue weighted by Crippen LogP contribution is 2.21. The molecule has 3 rings (SSSR count). The fraction of sp³-hybridized carbons (Fsp3) is 0.579. The number of carbonyl (C=O) groups is 4. The van der Waals surface area contributed by atoms with Crippen molar-refractivity contribution in [2.75, 3.05) is 66.6 Å². The Labute approximate surface area is 297 Å². The van der Waals surface area contributed by atoms with Crippen molar-refractivity contribution in [3.05, 3.63) is 59.7 Å². The van der Waals surface area contributed by atoms with Crippen molar-refractivity contribution in [2.24, 2.45) is 0 Å². The van der Waals surface area contributed by atoms with E-state index in [1.54, 1.807) is 24.0 Å². The van der Waals surface area contributed by atoms with Crippen molar-refractivity contribution in [2.45, 2.75) is 78.3 Å². The maximum absolute atomic E-state index is 12.8. The first-order valence-corrected chi connectivity index (χ1v) is 17.8. The molecule has 278 valence electrons. The molecule has 0 spiro atoms. The molecule has 2 aromatic carbocycles. The minimum Gasteiger partial charge on any atom is -0.496 e. The van der Waals surface area contributed by atoms with Crippen LogP contribution in [0.1, 0.15) is 76.3 Å². The smallest absolute Gasteiger partial charge is 0.414 e. The third kappa shape index (κ3) is 15.6. The number of nitrogens with zero attached hydrogens (tertiary/aromatic N) is 4. The molecule has 0 radical (unpaired) electrons. The Morgan fingerprint density at radius 1 is 0.620 bits per heavy atom. The second kappa shape index (κ2) is 24.1. The van der Waals surface area contributed by atoms with E-state index in [-0.39, 0.29) is 24.9 Å². The van der Waals surface area contributed by atoms with E-state index in [1.807, 2.05) is 24.3 Å². The number of piperazine rings is 1. The SMILES string of the molecule is CCN(CCCCCCN1CC(=O)N(CCCCCCN(CC)Cc2ccccc2OC)CC1=O)Cc1ccccc1OC.O=C(O)C(=O)O. The van der Waals surface area contributed by atoms with Gasteiger partial charge in [0.1, 0.15) is 11.5 Å². The number of unbranched alkanes of at least 4 members (excludes halogenated alkanes) is 6. The minimum atomic E-state index is -1.82. The fourth-order valence-corrected chi connectivity index (χ4v) is 5.94. The highest BCUT2D eigenvalue weighted by Gasteiger charge is 2.29. The van der Waals surface area contributed by atoms with E-state index in [0.29, 0.717) is 13.1 Å². The van der Waals surface area contributed by atoms with Gasteiger partial charge in [0, 0.05) is 37.3 Å². The summed E-state index contributed by atoms with van der Waals surface area (Å²) < 4.78 is 11.0. The van der Waals surface area contributed by atoms with E-state index < -0.39 is 11.9 Å². The van der Waals surface area contributed by atoms with Crippen molar-refractivity contribution < 1.29 is 38.9 Å². The summed E-state index contributed by atoms with van der Waals surface area (Å²) >= 11 is 0. The summed E-state index contributed by atoms with van der Waals surface area (Å²) in [5.74, 6) is -1.58. The Balaban J connectivity index is 0.00000132. The third-order valence-corrected chi connectivity index (χ3v) is 8.91. The number of para-hydroxylation sites is 2. The zero-order valence-electron chi connectivity index (χ0n) is 30.5. The summed E-state index contributed by atoms with van der Waals surface area (Å²) in [4.78, 5) is 52.1. The van der Waals surface area contributed by atoms with Crippen LogP contribution in [0.25, 0.3) is 0 Å². The van der Waals surface area contributed by atoms with Crippen LogP contribution < -0.4 is 9.47 Å². The third-order valence-electron chi connectivity index (χ3n) is 8.91. The number of hydrogen-bond acceptors (Lipinski definition) is 8. The van der Waals surface area contributed by atoms with Crippen LogP contribution in [0.15, 0.2) is 48.5 Å². The lowest BCUT2D eigenvalue weighted by atomic mass is 10.1. The number of carbonyl (C=O) groups excluding carboxylic acids is 2. The maximum atomic E-state index is 12.8. The number of carboxylic acid groups (broad SMARTS) is 2. The molecule has 1 saturated heterocycles. The van der Waals surface area contributed by atoms with Crippen LogP contribution in [0.2, 0.25) is 0 Å². The van der Waals surface area contributed by atoms with Crippen molar-refractivity contribution in [1.29, 1.82) is 0 Å². The van der Waals surface area contributed by atoms with Gasteiger partial charge < -0.3 is 29.5 Å². The number of benzene rings is 2. The normalized spacial score (nSPS) is 13.0. The number of hydrogen-bond donors (Lipinski definition) is 2. The van der Waals surface area contributed by atoms with Crippen LogP contribution >= 0.6 is 0 Å². The zero-order valence-corrected chi connectivity index (χ0v) is 30.5. The summed E-state index contributed by atoms with van der Waals surface area (Å²) in [6, 6.07) is 16.4. The molecule has 2 aromatic rings. The second-order valence-electron chi connectivity index (χ2n) is 12.4. The van der Waals surface area contributed by atoms with Crippen molar-refractivity contribution in [1.82, 2.24) is 19.6 Å². The molecule has 2 N–H and O–H groups in total. The van der Waals surface area contributed by atoms with Crippen molar-refractivity contribution >= 4 is 23.8 Å². The van der Waals surface area contributed by atoms with E-state index in [0.717, 1.165) is 102 Å². The first-order chi connectivity index (χ1) is 24.1. The number of aliphatic carboxylic acids is 2. The van der Waals surface area contributed by atoms with Gasteiger partial charge in [-0.1, -0.05) is 75.9 Å². The largest absolute Gasteiger partial charge is 0.496 e. The predicted octanol–water partition coefficient (Wildman–Crippen LogP) is 5.00. The van der Waals surface area contributed by atoms with E-state index in [4.69, 9.17) is 29.3 Å². The monoisotopic (exact) mass is 698 g/mol. The second-order valence-corrected chi connectivity index (χ2v) is 12.4. The van der Waals surface area contributed by atoms with Crippen LogP contribution in [0, 0.1) is 0 Å². The lowest BCUT2D eigenvalue weighted by Crippen LogP contribution is -2.54. The molecule has 50 heavy (non-hydrogen) atoms. The average molecular weight is 699 g/mol. The van der Waals surface area contributed by atoms with Crippen LogP contribution in [-0.2, 0) is 32.3 Å². The molecule has 1 fully saturated rings. The molecule has 1 heterocycles. The molecule has 1 aliphatic heterocycles. The Morgan fingerprint density at radius 2 is 0.980 bits per heavy atom. The lowest BCUT2D eigenvalue weighted by molar-refractivity contribution is -0.159.